The van der Waals surface area contributed by atoms with Crippen LogP contribution in [-0.2, 0) is 9.59 Å². The standard InChI is InChI=1S/C33H41N3O4/c1-22-10-9-11-23(2)29(22)32(38)36-20-26-18-35(19-27(26)21-36)17-16-28(24-12-5-3-6-13-24)34-31(37)30(33(39)40)25-14-7-4-8-15-25/h3,5-6,9-13,20,25,27-28,30H,4,7-8,14-19,21H2,1-2H3,(H,34,37)(H,39,40)/t27?,28-,30?/m0/s1. The van der Waals surface area contributed by atoms with E-state index in [1.54, 1.807) is 0 Å². The fourth-order valence-electron chi connectivity index (χ4n) is 6.88. The van der Waals surface area contributed by atoms with Crippen molar-refractivity contribution >= 4 is 17.8 Å². The van der Waals surface area contributed by atoms with Gasteiger partial charge < -0.3 is 15.3 Å². The van der Waals surface area contributed by atoms with Gasteiger partial charge in [-0.2, -0.15) is 0 Å². The Morgan fingerprint density at radius 1 is 0.950 bits per heavy atom. The van der Waals surface area contributed by atoms with Crippen LogP contribution >= 0.6 is 0 Å². The number of hydrogen-bond acceptors (Lipinski definition) is 4. The summed E-state index contributed by atoms with van der Waals surface area (Å²) in [6, 6.07) is 15.6. The van der Waals surface area contributed by atoms with Gasteiger partial charge in [-0.3, -0.25) is 19.3 Å². The number of carboxylic acids is 1. The van der Waals surface area contributed by atoms with Crippen LogP contribution in [0, 0.1) is 31.6 Å². The van der Waals surface area contributed by atoms with Gasteiger partial charge in [0, 0.05) is 43.9 Å². The summed E-state index contributed by atoms with van der Waals surface area (Å²) in [5, 5.41) is 13.1. The van der Waals surface area contributed by atoms with E-state index >= 15 is 0 Å². The Morgan fingerprint density at radius 3 is 2.30 bits per heavy atom. The van der Waals surface area contributed by atoms with E-state index in [2.05, 4.69) is 10.2 Å². The number of nitrogens with zero attached hydrogens (tertiary/aromatic N) is 2. The second-order valence-electron chi connectivity index (χ2n) is 11.8. The molecule has 0 bridgehead atoms. The van der Waals surface area contributed by atoms with Gasteiger partial charge >= 0.3 is 5.97 Å². The molecule has 1 aliphatic carbocycles. The molecule has 2 aromatic carbocycles. The molecule has 1 saturated carbocycles. The molecule has 2 N–H and O–H groups in total. The first kappa shape index (κ1) is 28.1. The summed E-state index contributed by atoms with van der Waals surface area (Å²) in [7, 11) is 0. The van der Waals surface area contributed by atoms with Crippen LogP contribution in [-0.4, -0.2) is 58.9 Å². The molecule has 2 fully saturated rings. The first-order chi connectivity index (χ1) is 19.3. The predicted octanol–water partition coefficient (Wildman–Crippen LogP) is 5.10. The average molecular weight is 544 g/mol. The SMILES string of the molecule is Cc1cccc(C)c1C(=O)N1C=C2CN(CC[C@H](NC(=O)C(C(=O)O)C3CCCCC3)c3ccccc3)CC2C1. The van der Waals surface area contributed by atoms with Gasteiger partial charge in [-0.05, 0) is 61.3 Å². The molecule has 40 heavy (non-hydrogen) atoms. The minimum Gasteiger partial charge on any atom is -0.481 e. The van der Waals surface area contributed by atoms with E-state index in [9.17, 15) is 19.5 Å². The number of aryl methyl sites for hydroxylation is 2. The molecule has 0 spiro atoms. The number of hydrogen-bond donors (Lipinski definition) is 2. The second kappa shape index (κ2) is 12.4. The van der Waals surface area contributed by atoms with Gasteiger partial charge in [0.15, 0.2) is 0 Å². The summed E-state index contributed by atoms with van der Waals surface area (Å²) >= 11 is 0. The van der Waals surface area contributed by atoms with Crippen LogP contribution in [0.15, 0.2) is 60.3 Å². The van der Waals surface area contributed by atoms with Crippen LogP contribution in [0.25, 0.3) is 0 Å². The quantitative estimate of drug-likeness (QED) is 0.430. The van der Waals surface area contributed by atoms with E-state index in [1.165, 1.54) is 5.57 Å². The zero-order chi connectivity index (χ0) is 28.2. The zero-order valence-corrected chi connectivity index (χ0v) is 23.6. The topological polar surface area (TPSA) is 90.0 Å². The van der Waals surface area contributed by atoms with Crippen LogP contribution in [0.3, 0.4) is 0 Å². The number of rotatable bonds is 9. The lowest BCUT2D eigenvalue weighted by atomic mass is 9.79. The first-order valence-electron chi connectivity index (χ1n) is 14.7. The Balaban J connectivity index is 1.22. The van der Waals surface area contributed by atoms with Crippen molar-refractivity contribution < 1.29 is 19.5 Å². The highest BCUT2D eigenvalue weighted by molar-refractivity contribution is 5.98. The maximum absolute atomic E-state index is 13.3. The molecule has 7 nitrogen and oxygen atoms in total. The number of aliphatic carboxylic acids is 1. The molecule has 2 unspecified atom stereocenters. The molecule has 0 radical (unpaired) electrons. The van der Waals surface area contributed by atoms with Crippen LogP contribution in [0.4, 0.5) is 0 Å². The van der Waals surface area contributed by atoms with Gasteiger partial charge in [0.05, 0.1) is 6.04 Å². The van der Waals surface area contributed by atoms with E-state index in [4.69, 9.17) is 0 Å². The fourth-order valence-corrected chi connectivity index (χ4v) is 6.88. The Hall–Kier alpha value is -3.45. The number of carboxylic acid groups (broad SMARTS) is 1. The largest absolute Gasteiger partial charge is 0.481 e. The highest BCUT2D eigenvalue weighted by Gasteiger charge is 2.38. The maximum Gasteiger partial charge on any atom is 0.316 e. The summed E-state index contributed by atoms with van der Waals surface area (Å²) in [5.74, 6) is -2.09. The maximum atomic E-state index is 13.3. The highest BCUT2D eigenvalue weighted by Crippen LogP contribution is 2.33. The Labute approximate surface area is 237 Å². The lowest BCUT2D eigenvalue weighted by molar-refractivity contribution is -0.150. The average Bonchev–Trinajstić information content (AvgIpc) is 3.51. The zero-order valence-electron chi connectivity index (χ0n) is 23.6. The molecule has 0 aromatic heterocycles. The van der Waals surface area contributed by atoms with Crippen LogP contribution in [0.2, 0.25) is 0 Å². The molecule has 1 saturated heterocycles. The molecule has 5 rings (SSSR count). The van der Waals surface area contributed by atoms with E-state index in [0.717, 1.165) is 74.0 Å². The summed E-state index contributed by atoms with van der Waals surface area (Å²) < 4.78 is 0. The second-order valence-corrected chi connectivity index (χ2v) is 11.8. The third-order valence-corrected chi connectivity index (χ3v) is 9.03. The van der Waals surface area contributed by atoms with Gasteiger partial charge in [0.2, 0.25) is 5.91 Å². The summed E-state index contributed by atoms with van der Waals surface area (Å²) in [6.45, 7) is 7.12. The smallest absolute Gasteiger partial charge is 0.316 e. The van der Waals surface area contributed by atoms with Gasteiger partial charge in [0.25, 0.3) is 5.91 Å². The van der Waals surface area contributed by atoms with Crippen molar-refractivity contribution in [3.63, 3.8) is 0 Å². The van der Waals surface area contributed by atoms with E-state index < -0.39 is 11.9 Å². The van der Waals surface area contributed by atoms with Crippen molar-refractivity contribution in [1.82, 2.24) is 15.1 Å². The number of amides is 2. The van der Waals surface area contributed by atoms with Crippen LogP contribution in [0.1, 0.15) is 71.6 Å². The first-order valence-corrected chi connectivity index (χ1v) is 14.7. The number of nitrogens with one attached hydrogen (secondary N) is 1. The Morgan fingerprint density at radius 2 is 1.65 bits per heavy atom. The molecule has 3 aliphatic rings. The highest BCUT2D eigenvalue weighted by atomic mass is 16.4. The summed E-state index contributed by atoms with van der Waals surface area (Å²) in [6.07, 6.45) is 7.42. The molecular formula is C33H41N3O4. The third-order valence-electron chi connectivity index (χ3n) is 9.03. The van der Waals surface area contributed by atoms with Gasteiger partial charge in [-0.15, -0.1) is 0 Å². The van der Waals surface area contributed by atoms with Crippen molar-refractivity contribution in [2.24, 2.45) is 17.8 Å². The lowest BCUT2D eigenvalue weighted by Crippen LogP contribution is -2.42. The lowest BCUT2D eigenvalue weighted by Gasteiger charge is -2.29. The molecule has 2 aromatic rings. The number of carbonyl (C=O) groups is 3. The Kier molecular flexibility index (Phi) is 8.69. The molecule has 7 heteroatoms. The number of carbonyl (C=O) groups excluding carboxylic acids is 2. The Bertz CT molecular complexity index is 1250. The van der Waals surface area contributed by atoms with Crippen molar-refractivity contribution in [3.8, 4) is 0 Å². The monoisotopic (exact) mass is 543 g/mol. The number of likely N-dealkylation sites (tertiary alicyclic amines) is 1. The third kappa shape index (κ3) is 6.15. The molecule has 212 valence electrons. The molecule has 2 amide bonds. The molecular weight excluding hydrogens is 502 g/mol. The van der Waals surface area contributed by atoms with Gasteiger partial charge in [-0.1, -0.05) is 67.8 Å². The van der Waals surface area contributed by atoms with Gasteiger partial charge in [0.1, 0.15) is 5.92 Å². The van der Waals surface area contributed by atoms with Crippen molar-refractivity contribution in [2.75, 3.05) is 26.2 Å². The van der Waals surface area contributed by atoms with Crippen molar-refractivity contribution in [2.45, 2.75) is 58.4 Å². The van der Waals surface area contributed by atoms with Crippen LogP contribution in [0.5, 0.6) is 0 Å². The molecule has 3 atom stereocenters. The van der Waals surface area contributed by atoms with Crippen LogP contribution < -0.4 is 5.32 Å². The number of benzene rings is 2. The summed E-state index contributed by atoms with van der Waals surface area (Å²) in [5.41, 5.74) is 5.08. The number of fused-ring (bicyclic) bond motifs is 1. The van der Waals surface area contributed by atoms with E-state index in [0.29, 0.717) is 18.9 Å². The normalized spacial score (nSPS) is 21.0. The fraction of sp³-hybridized carbons (Fsp3) is 0.485. The van der Waals surface area contributed by atoms with Crippen molar-refractivity contribution in [1.29, 1.82) is 0 Å². The van der Waals surface area contributed by atoms with E-state index in [-0.39, 0.29) is 23.8 Å². The predicted molar refractivity (Wildman–Crippen MR) is 155 cm³/mol. The molecule has 2 heterocycles. The summed E-state index contributed by atoms with van der Waals surface area (Å²) in [4.78, 5) is 43.0. The van der Waals surface area contributed by atoms with Gasteiger partial charge in [-0.25, -0.2) is 0 Å². The minimum atomic E-state index is -1.02. The van der Waals surface area contributed by atoms with Crippen molar-refractivity contribution in [3.05, 3.63) is 82.6 Å². The van der Waals surface area contributed by atoms with E-state index in [1.807, 2.05) is 73.5 Å². The molecule has 2 aliphatic heterocycles. The minimum absolute atomic E-state index is 0.0712.